The summed E-state index contributed by atoms with van der Waals surface area (Å²) in [5, 5.41) is 5.07. The summed E-state index contributed by atoms with van der Waals surface area (Å²) in [6.45, 7) is 0. The van der Waals surface area contributed by atoms with Crippen molar-refractivity contribution in [3.63, 3.8) is 0 Å². The SMILES string of the molecule is C(=NC(N=Cc1ccccc1)c1cccc(-n2c3ccc(-c4ccccc4)cc3c3ccc4c5ccccc5sc4c32)c1)c1ccccc1. The number of nitrogens with zero attached hydrogens (tertiary/aromatic N) is 3. The lowest BCUT2D eigenvalue weighted by molar-refractivity contribution is 0.786. The molecule has 0 fully saturated rings. The van der Waals surface area contributed by atoms with Gasteiger partial charge in [0.15, 0.2) is 6.17 Å². The molecule has 0 spiro atoms. The van der Waals surface area contributed by atoms with Gasteiger partial charge in [0.05, 0.1) is 15.7 Å². The van der Waals surface area contributed by atoms with Gasteiger partial charge in [-0.25, -0.2) is 0 Å². The quantitative estimate of drug-likeness (QED) is 0.154. The molecular formula is C45H31N3S. The number of aliphatic imine (C=N–C) groups is 2. The van der Waals surface area contributed by atoms with E-state index >= 15 is 0 Å². The lowest BCUT2D eigenvalue weighted by atomic mass is 10.0. The maximum Gasteiger partial charge on any atom is 0.165 e. The fraction of sp³-hybridized carbons (Fsp3) is 0.0222. The molecule has 0 saturated heterocycles. The van der Waals surface area contributed by atoms with Gasteiger partial charge in [0, 0.05) is 49.9 Å². The van der Waals surface area contributed by atoms with E-state index in [1.165, 1.54) is 53.1 Å². The van der Waals surface area contributed by atoms with Crippen LogP contribution in [0.1, 0.15) is 22.9 Å². The van der Waals surface area contributed by atoms with Crippen molar-refractivity contribution in [2.24, 2.45) is 9.98 Å². The third-order valence-electron chi connectivity index (χ3n) is 9.13. The molecule has 9 rings (SSSR count). The normalized spacial score (nSPS) is 12.7. The third-order valence-corrected chi connectivity index (χ3v) is 10.3. The van der Waals surface area contributed by atoms with Crippen LogP contribution in [0.4, 0.5) is 0 Å². The summed E-state index contributed by atoms with van der Waals surface area (Å²) in [7, 11) is 0. The molecule has 0 aliphatic carbocycles. The first kappa shape index (κ1) is 29.1. The minimum absolute atomic E-state index is 0.414. The van der Waals surface area contributed by atoms with Crippen LogP contribution in [-0.2, 0) is 0 Å². The van der Waals surface area contributed by atoms with Gasteiger partial charge >= 0.3 is 0 Å². The predicted octanol–water partition coefficient (Wildman–Crippen LogP) is 12.1. The Morgan fingerprint density at radius 3 is 1.88 bits per heavy atom. The van der Waals surface area contributed by atoms with Crippen LogP contribution in [0.15, 0.2) is 180 Å². The highest BCUT2D eigenvalue weighted by atomic mass is 32.1. The Hall–Kier alpha value is -6.10. The number of fused-ring (bicyclic) bond motifs is 7. The fourth-order valence-electron chi connectivity index (χ4n) is 6.79. The molecule has 232 valence electrons. The van der Waals surface area contributed by atoms with Crippen LogP contribution < -0.4 is 0 Å². The van der Waals surface area contributed by atoms with E-state index in [0.29, 0.717) is 0 Å². The highest BCUT2D eigenvalue weighted by Crippen LogP contribution is 2.44. The van der Waals surface area contributed by atoms with Crippen LogP contribution in [0.5, 0.6) is 0 Å². The lowest BCUT2D eigenvalue weighted by Crippen LogP contribution is -1.99. The number of hydrogen-bond acceptors (Lipinski definition) is 3. The van der Waals surface area contributed by atoms with Crippen molar-refractivity contribution in [1.82, 2.24) is 4.57 Å². The van der Waals surface area contributed by atoms with Crippen LogP contribution >= 0.6 is 11.3 Å². The first-order valence-corrected chi connectivity index (χ1v) is 17.3. The predicted molar refractivity (Wildman–Crippen MR) is 210 cm³/mol. The molecule has 2 heterocycles. The molecule has 3 nitrogen and oxygen atoms in total. The summed E-state index contributed by atoms with van der Waals surface area (Å²) in [4.78, 5) is 10.0. The minimum atomic E-state index is -0.414. The van der Waals surface area contributed by atoms with Gasteiger partial charge < -0.3 is 4.57 Å². The molecule has 0 radical (unpaired) electrons. The summed E-state index contributed by atoms with van der Waals surface area (Å²) in [5.41, 5.74) is 9.03. The zero-order valence-electron chi connectivity index (χ0n) is 26.6. The molecule has 0 N–H and O–H groups in total. The van der Waals surface area contributed by atoms with Crippen molar-refractivity contribution in [3.8, 4) is 16.8 Å². The van der Waals surface area contributed by atoms with Gasteiger partial charge in [0.25, 0.3) is 0 Å². The summed E-state index contributed by atoms with van der Waals surface area (Å²) < 4.78 is 5.04. The topological polar surface area (TPSA) is 29.6 Å². The van der Waals surface area contributed by atoms with Crippen molar-refractivity contribution >= 4 is 65.7 Å². The molecule has 9 aromatic rings. The van der Waals surface area contributed by atoms with Crippen molar-refractivity contribution in [2.45, 2.75) is 6.17 Å². The first-order valence-electron chi connectivity index (χ1n) is 16.5. The summed E-state index contributed by atoms with van der Waals surface area (Å²) in [5.74, 6) is 0. The largest absolute Gasteiger partial charge is 0.308 e. The molecule has 0 aliphatic heterocycles. The second-order valence-electron chi connectivity index (χ2n) is 12.2. The second kappa shape index (κ2) is 12.5. The van der Waals surface area contributed by atoms with Gasteiger partial charge in [-0.2, -0.15) is 0 Å². The fourth-order valence-corrected chi connectivity index (χ4v) is 8.03. The highest BCUT2D eigenvalue weighted by molar-refractivity contribution is 7.26. The van der Waals surface area contributed by atoms with E-state index < -0.39 is 6.17 Å². The van der Waals surface area contributed by atoms with E-state index in [9.17, 15) is 0 Å². The summed E-state index contributed by atoms with van der Waals surface area (Å²) >= 11 is 1.87. The first-order chi connectivity index (χ1) is 24.3. The monoisotopic (exact) mass is 645 g/mol. The van der Waals surface area contributed by atoms with Gasteiger partial charge in [-0.05, 0) is 52.6 Å². The van der Waals surface area contributed by atoms with Crippen LogP contribution in [-0.4, -0.2) is 17.0 Å². The Kier molecular flexibility index (Phi) is 7.41. The molecule has 2 aromatic heterocycles. The number of aromatic nitrogens is 1. The van der Waals surface area contributed by atoms with Crippen molar-refractivity contribution in [1.29, 1.82) is 0 Å². The Morgan fingerprint density at radius 2 is 1.14 bits per heavy atom. The minimum Gasteiger partial charge on any atom is -0.308 e. The molecule has 0 unspecified atom stereocenters. The van der Waals surface area contributed by atoms with E-state index in [1.807, 2.05) is 60.2 Å². The number of thiophene rings is 1. The summed E-state index contributed by atoms with van der Waals surface area (Å²) in [6.07, 6.45) is 3.43. The lowest BCUT2D eigenvalue weighted by Gasteiger charge is -2.13. The maximum atomic E-state index is 5.02. The Morgan fingerprint density at radius 1 is 0.490 bits per heavy atom. The number of rotatable bonds is 7. The zero-order chi connectivity index (χ0) is 32.6. The molecule has 0 bridgehead atoms. The van der Waals surface area contributed by atoms with Crippen LogP contribution in [0, 0.1) is 0 Å². The van der Waals surface area contributed by atoms with E-state index in [-0.39, 0.29) is 0 Å². The number of benzene rings is 7. The average molecular weight is 646 g/mol. The Balaban J connectivity index is 1.26. The van der Waals surface area contributed by atoms with E-state index in [2.05, 4.69) is 138 Å². The molecular weight excluding hydrogens is 615 g/mol. The molecule has 49 heavy (non-hydrogen) atoms. The standard InChI is InChI=1S/C45H31N3S/c1-4-13-31(14-5-1)29-46-45(47-30-32-15-6-2-7-16-32)35-19-12-20-36(27-35)48-41-26-23-34(33-17-8-3-9-18-33)28-40(41)38-24-25-39-37-21-10-11-22-42(37)49-44(39)43(38)48/h1-30,45H. The van der Waals surface area contributed by atoms with Gasteiger partial charge in [-0.1, -0.05) is 140 Å². The van der Waals surface area contributed by atoms with Gasteiger partial charge in [-0.3, -0.25) is 9.98 Å². The van der Waals surface area contributed by atoms with E-state index in [4.69, 9.17) is 9.98 Å². The van der Waals surface area contributed by atoms with Crippen molar-refractivity contribution in [2.75, 3.05) is 0 Å². The Labute approximate surface area is 288 Å². The van der Waals surface area contributed by atoms with Crippen molar-refractivity contribution in [3.05, 3.63) is 187 Å². The molecule has 0 aliphatic rings. The molecule has 0 atom stereocenters. The highest BCUT2D eigenvalue weighted by Gasteiger charge is 2.19. The van der Waals surface area contributed by atoms with Gasteiger partial charge in [0.1, 0.15) is 0 Å². The molecule has 4 heteroatoms. The van der Waals surface area contributed by atoms with E-state index in [1.54, 1.807) is 0 Å². The van der Waals surface area contributed by atoms with Crippen LogP contribution in [0.25, 0.3) is 58.8 Å². The third kappa shape index (κ3) is 5.42. The smallest absolute Gasteiger partial charge is 0.165 e. The van der Waals surface area contributed by atoms with E-state index in [0.717, 1.165) is 22.4 Å². The van der Waals surface area contributed by atoms with Gasteiger partial charge in [-0.15, -0.1) is 11.3 Å². The summed E-state index contributed by atoms with van der Waals surface area (Å²) in [6, 6.07) is 60.0. The molecule has 0 saturated carbocycles. The Bertz CT molecular complexity index is 2600. The zero-order valence-corrected chi connectivity index (χ0v) is 27.5. The van der Waals surface area contributed by atoms with Gasteiger partial charge in [0.2, 0.25) is 0 Å². The van der Waals surface area contributed by atoms with Crippen molar-refractivity contribution < 1.29 is 0 Å². The van der Waals surface area contributed by atoms with Crippen LogP contribution in [0.2, 0.25) is 0 Å². The molecule has 7 aromatic carbocycles. The average Bonchev–Trinajstić information content (AvgIpc) is 3.72. The maximum absolute atomic E-state index is 5.02. The second-order valence-corrected chi connectivity index (χ2v) is 13.3. The number of hydrogen-bond donors (Lipinski definition) is 0. The molecule has 0 amide bonds. The van der Waals surface area contributed by atoms with Crippen LogP contribution in [0.3, 0.4) is 0 Å².